The van der Waals surface area contributed by atoms with Gasteiger partial charge in [-0.2, -0.15) is 0 Å². The summed E-state index contributed by atoms with van der Waals surface area (Å²) in [6, 6.07) is 0.397. The zero-order chi connectivity index (χ0) is 10.3. The van der Waals surface area contributed by atoms with Crippen LogP contribution in [0.15, 0.2) is 0 Å². The third-order valence-electron chi connectivity index (χ3n) is 2.25. The molecule has 0 aromatic carbocycles. The maximum Gasteiger partial charge on any atom is 0.0820 e. The first-order valence-corrected chi connectivity index (χ1v) is 4.57. The second kappa shape index (κ2) is 7.26. The number of nitrogens with zero attached hydrogens (tertiary/aromatic N) is 1. The van der Waals surface area contributed by atoms with E-state index in [1.165, 1.54) is 0 Å². The Bertz CT molecular complexity index is 118. The van der Waals surface area contributed by atoms with Gasteiger partial charge < -0.3 is 15.2 Å². The van der Waals surface area contributed by atoms with E-state index in [1.54, 1.807) is 14.2 Å². The number of hydrogen-bond donors (Lipinski definition) is 1. The Labute approximate surface area is 81.0 Å². The quantitative estimate of drug-likeness (QED) is 0.610. The van der Waals surface area contributed by atoms with Crippen molar-refractivity contribution in [1.82, 2.24) is 4.90 Å². The van der Waals surface area contributed by atoms with E-state index in [9.17, 15) is 0 Å². The van der Waals surface area contributed by atoms with Crippen LogP contribution in [0.4, 0.5) is 0 Å². The molecule has 0 aliphatic carbocycles. The molecule has 2 N–H and O–H groups in total. The molecule has 0 spiro atoms. The average molecular weight is 190 g/mol. The molecule has 0 saturated heterocycles. The molecule has 2 unspecified atom stereocenters. The van der Waals surface area contributed by atoms with Crippen molar-refractivity contribution in [3.8, 4) is 0 Å². The first kappa shape index (κ1) is 12.8. The first-order chi connectivity index (χ1) is 6.15. The molecule has 0 heterocycles. The minimum absolute atomic E-state index is 0.115. The lowest BCUT2D eigenvalue weighted by Crippen LogP contribution is -2.41. The van der Waals surface area contributed by atoms with Crippen LogP contribution in [0, 0.1) is 0 Å². The van der Waals surface area contributed by atoms with Gasteiger partial charge in [-0.05, 0) is 14.0 Å². The average Bonchev–Trinajstić information content (AvgIpc) is 2.14. The lowest BCUT2D eigenvalue weighted by Gasteiger charge is -2.27. The van der Waals surface area contributed by atoms with Crippen LogP contribution in [0.5, 0.6) is 0 Å². The minimum Gasteiger partial charge on any atom is -0.383 e. The number of rotatable bonds is 7. The first-order valence-electron chi connectivity index (χ1n) is 4.57. The Morgan fingerprint density at radius 2 is 2.00 bits per heavy atom. The number of nitrogens with two attached hydrogens (primary N) is 1. The molecule has 13 heavy (non-hydrogen) atoms. The van der Waals surface area contributed by atoms with Crippen molar-refractivity contribution >= 4 is 0 Å². The third-order valence-corrected chi connectivity index (χ3v) is 2.25. The van der Waals surface area contributed by atoms with Crippen molar-refractivity contribution in [3.63, 3.8) is 0 Å². The summed E-state index contributed by atoms with van der Waals surface area (Å²) < 4.78 is 10.3. The smallest absolute Gasteiger partial charge is 0.0820 e. The zero-order valence-electron chi connectivity index (χ0n) is 9.12. The maximum atomic E-state index is 5.52. The molecule has 0 rings (SSSR count). The lowest BCUT2D eigenvalue weighted by atomic mass is 10.2. The Kier molecular flexibility index (Phi) is 7.17. The molecule has 0 aromatic rings. The molecule has 4 heteroatoms. The maximum absolute atomic E-state index is 5.52. The van der Waals surface area contributed by atoms with E-state index >= 15 is 0 Å². The van der Waals surface area contributed by atoms with Gasteiger partial charge in [-0.3, -0.25) is 4.90 Å². The predicted molar refractivity (Wildman–Crippen MR) is 53.8 cm³/mol. The molecule has 0 fully saturated rings. The summed E-state index contributed by atoms with van der Waals surface area (Å²) in [4.78, 5) is 2.19. The van der Waals surface area contributed by atoms with Gasteiger partial charge in [-0.25, -0.2) is 0 Å². The Hall–Kier alpha value is -0.160. The van der Waals surface area contributed by atoms with Crippen molar-refractivity contribution in [2.24, 2.45) is 5.73 Å². The normalized spacial score (nSPS) is 16.2. The largest absolute Gasteiger partial charge is 0.383 e. The summed E-state index contributed by atoms with van der Waals surface area (Å²) in [5, 5.41) is 0. The van der Waals surface area contributed by atoms with Crippen LogP contribution in [0.25, 0.3) is 0 Å². The summed E-state index contributed by atoms with van der Waals surface area (Å²) in [6.45, 7) is 4.25. The van der Waals surface area contributed by atoms with Gasteiger partial charge in [0.25, 0.3) is 0 Å². The van der Waals surface area contributed by atoms with Gasteiger partial charge in [-0.15, -0.1) is 0 Å². The molecule has 0 radical (unpaired) electrons. The number of ether oxygens (including phenoxy) is 2. The summed E-state index contributed by atoms with van der Waals surface area (Å²) >= 11 is 0. The van der Waals surface area contributed by atoms with Gasteiger partial charge in [0.1, 0.15) is 0 Å². The second-order valence-electron chi connectivity index (χ2n) is 3.34. The van der Waals surface area contributed by atoms with Crippen molar-refractivity contribution in [3.05, 3.63) is 0 Å². The highest BCUT2D eigenvalue weighted by atomic mass is 16.5. The molecule has 4 nitrogen and oxygen atoms in total. The van der Waals surface area contributed by atoms with Crippen LogP contribution in [0.2, 0.25) is 0 Å². The van der Waals surface area contributed by atoms with Crippen LogP contribution in [-0.4, -0.2) is 58.0 Å². The monoisotopic (exact) mass is 190 g/mol. The van der Waals surface area contributed by atoms with Gasteiger partial charge >= 0.3 is 0 Å². The fourth-order valence-electron chi connectivity index (χ4n) is 1.11. The molecule has 2 atom stereocenters. The topological polar surface area (TPSA) is 47.7 Å². The van der Waals surface area contributed by atoms with Crippen molar-refractivity contribution < 1.29 is 9.47 Å². The highest BCUT2D eigenvalue weighted by Gasteiger charge is 2.13. The van der Waals surface area contributed by atoms with Crippen LogP contribution >= 0.6 is 0 Å². The molecule has 0 bridgehead atoms. The lowest BCUT2D eigenvalue weighted by molar-refractivity contribution is 0.0478. The van der Waals surface area contributed by atoms with Gasteiger partial charge in [0.15, 0.2) is 0 Å². The van der Waals surface area contributed by atoms with E-state index < -0.39 is 0 Å². The van der Waals surface area contributed by atoms with Crippen molar-refractivity contribution in [2.45, 2.75) is 19.1 Å². The number of hydrogen-bond acceptors (Lipinski definition) is 4. The van der Waals surface area contributed by atoms with Crippen molar-refractivity contribution in [2.75, 3.05) is 41.0 Å². The van der Waals surface area contributed by atoms with Crippen molar-refractivity contribution in [1.29, 1.82) is 0 Å². The Balaban J connectivity index is 3.75. The van der Waals surface area contributed by atoms with Gasteiger partial charge in [-0.1, -0.05) is 0 Å². The minimum atomic E-state index is 0.115. The fourth-order valence-corrected chi connectivity index (χ4v) is 1.11. The molecule has 0 amide bonds. The summed E-state index contributed by atoms with van der Waals surface area (Å²) in [5.74, 6) is 0. The molecule has 0 aromatic heterocycles. The molecule has 0 aliphatic heterocycles. The molecule has 0 saturated carbocycles. The third kappa shape index (κ3) is 5.21. The van der Waals surface area contributed by atoms with Gasteiger partial charge in [0, 0.05) is 33.4 Å². The van der Waals surface area contributed by atoms with E-state index in [2.05, 4.69) is 11.8 Å². The highest BCUT2D eigenvalue weighted by molar-refractivity contribution is 4.68. The summed E-state index contributed by atoms with van der Waals surface area (Å²) in [5.41, 5.74) is 5.52. The number of methoxy groups -OCH3 is 2. The van der Waals surface area contributed by atoms with E-state index in [0.717, 1.165) is 13.2 Å². The Morgan fingerprint density at radius 1 is 1.38 bits per heavy atom. The summed E-state index contributed by atoms with van der Waals surface area (Å²) in [6.07, 6.45) is 0.115. The molecule has 0 aliphatic rings. The van der Waals surface area contributed by atoms with Gasteiger partial charge in [0.05, 0.1) is 12.7 Å². The second-order valence-corrected chi connectivity index (χ2v) is 3.34. The van der Waals surface area contributed by atoms with Crippen LogP contribution in [0.1, 0.15) is 6.92 Å². The van der Waals surface area contributed by atoms with E-state index in [-0.39, 0.29) is 6.10 Å². The van der Waals surface area contributed by atoms with Crippen LogP contribution < -0.4 is 5.73 Å². The SMILES string of the molecule is COCC(C)N(C)CC(CN)OC. The van der Waals surface area contributed by atoms with E-state index in [1.807, 2.05) is 7.05 Å². The number of likely N-dealkylation sites (N-methyl/N-ethyl adjacent to an activating group) is 1. The summed E-state index contributed by atoms with van der Waals surface area (Å²) in [7, 11) is 5.44. The molecular formula is C9H22N2O2. The zero-order valence-corrected chi connectivity index (χ0v) is 9.12. The Morgan fingerprint density at radius 3 is 2.38 bits per heavy atom. The molecule has 80 valence electrons. The molecular weight excluding hydrogens is 168 g/mol. The van der Waals surface area contributed by atoms with Gasteiger partial charge in [0.2, 0.25) is 0 Å². The van der Waals surface area contributed by atoms with E-state index in [0.29, 0.717) is 12.6 Å². The standard InChI is InChI=1S/C9H22N2O2/c1-8(7-12-3)11(2)6-9(5-10)13-4/h8-9H,5-7,10H2,1-4H3. The predicted octanol–water partition coefficient (Wildman–Crippen LogP) is -0.0732. The van der Waals surface area contributed by atoms with Crippen LogP contribution in [-0.2, 0) is 9.47 Å². The fraction of sp³-hybridized carbons (Fsp3) is 1.00. The van der Waals surface area contributed by atoms with E-state index in [4.69, 9.17) is 15.2 Å². The highest BCUT2D eigenvalue weighted by Crippen LogP contribution is 1.99. The van der Waals surface area contributed by atoms with Crippen LogP contribution in [0.3, 0.4) is 0 Å².